The average molecular weight is 424 g/mol. The van der Waals surface area contributed by atoms with Crippen LogP contribution in [0, 0.1) is 6.92 Å². The number of nitrogens with zero attached hydrogens (tertiary/aromatic N) is 2. The molecule has 0 aromatic heterocycles. The molecule has 168 valence electrons. The highest BCUT2D eigenvalue weighted by atomic mass is 16.5. The minimum atomic E-state index is 0.00519. The fourth-order valence-electron chi connectivity index (χ4n) is 4.13. The molecule has 0 radical (unpaired) electrons. The van der Waals surface area contributed by atoms with Gasteiger partial charge < -0.3 is 15.0 Å². The van der Waals surface area contributed by atoms with Crippen LogP contribution < -0.4 is 10.1 Å². The van der Waals surface area contributed by atoms with Crippen LogP contribution in [0.3, 0.4) is 0 Å². The third kappa shape index (κ3) is 6.47. The van der Waals surface area contributed by atoms with E-state index in [0.29, 0.717) is 13.1 Å². The molecule has 1 N–H and O–H groups in total. The quantitative estimate of drug-likeness (QED) is 0.713. The second-order valence-corrected chi connectivity index (χ2v) is 9.51. The Morgan fingerprint density at radius 2 is 1.61 bits per heavy atom. The van der Waals surface area contributed by atoms with E-state index >= 15 is 0 Å². The number of rotatable bonds is 6. The van der Waals surface area contributed by atoms with Gasteiger partial charge in [-0.25, -0.2) is 4.79 Å². The Morgan fingerprint density at radius 3 is 2.16 bits per heavy atom. The summed E-state index contributed by atoms with van der Waals surface area (Å²) in [6, 6.07) is 16.6. The third-order valence-electron chi connectivity index (χ3n) is 6.19. The van der Waals surface area contributed by atoms with Gasteiger partial charge in [0.2, 0.25) is 0 Å². The molecule has 1 heterocycles. The number of nitrogens with one attached hydrogen (secondary N) is 1. The number of ether oxygens (including phenoxy) is 1. The van der Waals surface area contributed by atoms with Crippen LogP contribution in [-0.2, 0) is 13.1 Å². The molecule has 1 aliphatic heterocycles. The topological polar surface area (TPSA) is 44.8 Å². The highest BCUT2D eigenvalue weighted by Crippen LogP contribution is 2.24. The van der Waals surface area contributed by atoms with Gasteiger partial charge >= 0.3 is 6.03 Å². The predicted molar refractivity (Wildman–Crippen MR) is 126 cm³/mol. The fraction of sp³-hybridized carbons (Fsp3) is 0.500. The van der Waals surface area contributed by atoms with E-state index in [2.05, 4.69) is 62.2 Å². The number of hydrogen-bond donors (Lipinski definition) is 1. The summed E-state index contributed by atoms with van der Waals surface area (Å²) in [5.41, 5.74) is 3.64. The Bertz CT molecular complexity index is 832. The van der Waals surface area contributed by atoms with E-state index in [1.54, 1.807) is 7.11 Å². The highest BCUT2D eigenvalue weighted by molar-refractivity contribution is 5.74. The van der Waals surface area contributed by atoms with E-state index in [0.717, 1.165) is 37.2 Å². The highest BCUT2D eigenvalue weighted by Gasteiger charge is 2.31. The molecule has 31 heavy (non-hydrogen) atoms. The van der Waals surface area contributed by atoms with Crippen molar-refractivity contribution in [3.63, 3.8) is 0 Å². The van der Waals surface area contributed by atoms with E-state index in [4.69, 9.17) is 4.74 Å². The summed E-state index contributed by atoms with van der Waals surface area (Å²) in [5.74, 6) is 0.821. The van der Waals surface area contributed by atoms with Gasteiger partial charge in [-0.15, -0.1) is 0 Å². The molecule has 3 rings (SSSR count). The zero-order valence-electron chi connectivity index (χ0n) is 19.6. The van der Waals surface area contributed by atoms with Crippen molar-refractivity contribution in [2.45, 2.75) is 65.2 Å². The van der Waals surface area contributed by atoms with Crippen molar-refractivity contribution in [2.75, 3.05) is 20.2 Å². The number of carbonyl (C=O) groups is 1. The molecule has 0 bridgehead atoms. The van der Waals surface area contributed by atoms with Gasteiger partial charge in [-0.3, -0.25) is 4.90 Å². The Balaban J connectivity index is 1.68. The van der Waals surface area contributed by atoms with Gasteiger partial charge in [0.05, 0.1) is 7.11 Å². The number of hydrogen-bond acceptors (Lipinski definition) is 3. The molecule has 0 atom stereocenters. The molecule has 0 spiro atoms. The largest absolute Gasteiger partial charge is 0.497 e. The van der Waals surface area contributed by atoms with Gasteiger partial charge in [-0.2, -0.15) is 0 Å². The number of amides is 2. The summed E-state index contributed by atoms with van der Waals surface area (Å²) in [7, 11) is 1.66. The molecule has 1 fully saturated rings. The Hall–Kier alpha value is -2.53. The Morgan fingerprint density at radius 1 is 1.03 bits per heavy atom. The molecule has 1 saturated heterocycles. The van der Waals surface area contributed by atoms with Crippen LogP contribution >= 0.6 is 0 Å². The zero-order chi connectivity index (χ0) is 22.4. The lowest BCUT2D eigenvalue weighted by atomic mass is 9.97. The van der Waals surface area contributed by atoms with Crippen molar-refractivity contribution in [1.29, 1.82) is 0 Å². The number of aryl methyl sites for hydroxylation is 1. The van der Waals surface area contributed by atoms with Crippen molar-refractivity contribution in [2.24, 2.45) is 0 Å². The lowest BCUT2D eigenvalue weighted by Crippen LogP contribution is -2.53. The predicted octanol–water partition coefficient (Wildman–Crippen LogP) is 4.98. The number of carbonyl (C=O) groups excluding carboxylic acids is 1. The van der Waals surface area contributed by atoms with Gasteiger partial charge in [0.15, 0.2) is 0 Å². The zero-order valence-corrected chi connectivity index (χ0v) is 19.6. The van der Waals surface area contributed by atoms with Crippen LogP contribution in [-0.4, -0.2) is 47.6 Å². The first-order chi connectivity index (χ1) is 14.8. The molecule has 5 nitrogen and oxygen atoms in total. The number of urea groups is 1. The summed E-state index contributed by atoms with van der Waals surface area (Å²) in [6.07, 6.45) is 2.00. The Kier molecular flexibility index (Phi) is 7.60. The van der Waals surface area contributed by atoms with E-state index in [-0.39, 0.29) is 17.6 Å². The first kappa shape index (κ1) is 23.1. The number of likely N-dealkylation sites (tertiary alicyclic amines) is 1. The van der Waals surface area contributed by atoms with Crippen molar-refractivity contribution < 1.29 is 9.53 Å². The molecule has 2 amide bonds. The normalized spacial score (nSPS) is 15.5. The molecular formula is C26H37N3O2. The van der Waals surface area contributed by atoms with Gasteiger partial charge in [0.25, 0.3) is 0 Å². The standard InChI is InChI=1S/C26H37N3O2/c1-20-6-8-22(9-7-20)19-29(23-14-16-28(17-15-23)26(2,3)4)25(30)27-18-21-10-12-24(31-5)13-11-21/h6-13,23H,14-19H2,1-5H3,(H,27,30). The van der Waals surface area contributed by atoms with Crippen LogP contribution in [0.15, 0.2) is 48.5 Å². The molecular weight excluding hydrogens is 386 g/mol. The van der Waals surface area contributed by atoms with Crippen LogP contribution in [0.5, 0.6) is 5.75 Å². The summed E-state index contributed by atoms with van der Waals surface area (Å²) in [6.45, 7) is 12.1. The maximum absolute atomic E-state index is 13.3. The lowest BCUT2D eigenvalue weighted by molar-refractivity contribution is 0.0648. The van der Waals surface area contributed by atoms with Crippen LogP contribution in [0.4, 0.5) is 4.79 Å². The summed E-state index contributed by atoms with van der Waals surface area (Å²) in [4.78, 5) is 17.8. The maximum Gasteiger partial charge on any atom is 0.318 e. The van der Waals surface area contributed by atoms with Gasteiger partial charge in [0.1, 0.15) is 5.75 Å². The average Bonchev–Trinajstić information content (AvgIpc) is 2.77. The van der Waals surface area contributed by atoms with E-state index in [1.807, 2.05) is 29.2 Å². The van der Waals surface area contributed by atoms with E-state index in [9.17, 15) is 4.79 Å². The number of benzene rings is 2. The summed E-state index contributed by atoms with van der Waals surface area (Å²) in [5, 5.41) is 3.14. The molecule has 0 unspecified atom stereocenters. The molecule has 2 aromatic rings. The minimum absolute atomic E-state index is 0.00519. The van der Waals surface area contributed by atoms with Gasteiger partial charge in [-0.1, -0.05) is 42.0 Å². The summed E-state index contributed by atoms with van der Waals surface area (Å²) < 4.78 is 5.22. The SMILES string of the molecule is COc1ccc(CNC(=O)N(Cc2ccc(C)cc2)C2CCN(C(C)(C)C)CC2)cc1. The fourth-order valence-corrected chi connectivity index (χ4v) is 4.13. The smallest absolute Gasteiger partial charge is 0.318 e. The van der Waals surface area contributed by atoms with Crippen LogP contribution in [0.1, 0.15) is 50.3 Å². The monoisotopic (exact) mass is 423 g/mol. The Labute approximate surface area is 187 Å². The van der Waals surface area contributed by atoms with Crippen LogP contribution in [0.2, 0.25) is 0 Å². The molecule has 0 aliphatic carbocycles. The second kappa shape index (κ2) is 10.2. The third-order valence-corrected chi connectivity index (χ3v) is 6.19. The second-order valence-electron chi connectivity index (χ2n) is 9.51. The number of methoxy groups -OCH3 is 1. The van der Waals surface area contributed by atoms with Gasteiger partial charge in [0, 0.05) is 37.8 Å². The van der Waals surface area contributed by atoms with Crippen molar-refractivity contribution in [3.05, 3.63) is 65.2 Å². The molecule has 2 aromatic carbocycles. The molecule has 5 heteroatoms. The first-order valence-corrected chi connectivity index (χ1v) is 11.2. The van der Waals surface area contributed by atoms with Crippen molar-refractivity contribution in [3.8, 4) is 5.75 Å². The van der Waals surface area contributed by atoms with Gasteiger partial charge in [-0.05, 0) is 63.8 Å². The van der Waals surface area contributed by atoms with Crippen molar-refractivity contribution in [1.82, 2.24) is 15.1 Å². The van der Waals surface area contributed by atoms with E-state index in [1.165, 1.54) is 11.1 Å². The summed E-state index contributed by atoms with van der Waals surface area (Å²) >= 11 is 0. The van der Waals surface area contributed by atoms with Crippen molar-refractivity contribution >= 4 is 6.03 Å². The maximum atomic E-state index is 13.3. The number of piperidine rings is 1. The molecule has 0 saturated carbocycles. The first-order valence-electron chi connectivity index (χ1n) is 11.2. The lowest BCUT2D eigenvalue weighted by Gasteiger charge is -2.43. The minimum Gasteiger partial charge on any atom is -0.497 e. The van der Waals surface area contributed by atoms with E-state index < -0.39 is 0 Å². The van der Waals surface area contributed by atoms with Crippen LogP contribution in [0.25, 0.3) is 0 Å². The molecule has 1 aliphatic rings.